The molecular weight excluding hydrogens is 281 g/mol. The maximum absolute atomic E-state index is 13.7. The van der Waals surface area contributed by atoms with Gasteiger partial charge in [-0.3, -0.25) is 9.69 Å². The molecule has 1 aromatic rings. The van der Waals surface area contributed by atoms with Gasteiger partial charge in [0.2, 0.25) is 0 Å². The molecule has 1 aliphatic heterocycles. The van der Waals surface area contributed by atoms with Crippen LogP contribution in [0.25, 0.3) is 0 Å². The second-order valence-corrected chi connectivity index (χ2v) is 7.23. The number of aryl methyl sites for hydroxylation is 1. The molecule has 118 valence electrons. The van der Waals surface area contributed by atoms with Crippen LogP contribution in [0.5, 0.6) is 0 Å². The number of aliphatic carboxylic acids is 1. The smallest absolute Gasteiger partial charge is 0.311 e. The Morgan fingerprint density at radius 3 is 2.95 bits per heavy atom. The van der Waals surface area contributed by atoms with Gasteiger partial charge >= 0.3 is 5.97 Å². The molecule has 1 N–H and O–H groups in total. The van der Waals surface area contributed by atoms with Gasteiger partial charge in [0.15, 0.2) is 0 Å². The zero-order valence-corrected chi connectivity index (χ0v) is 12.7. The van der Waals surface area contributed by atoms with E-state index in [0.29, 0.717) is 6.54 Å². The first-order valence-electron chi connectivity index (χ1n) is 8.36. The minimum atomic E-state index is -0.632. The Morgan fingerprint density at radius 1 is 1.32 bits per heavy atom. The highest BCUT2D eigenvalue weighted by molar-refractivity contribution is 5.76. The van der Waals surface area contributed by atoms with Gasteiger partial charge in [0.05, 0.1) is 5.41 Å². The molecular formula is C18H22FNO2. The van der Waals surface area contributed by atoms with Gasteiger partial charge in [-0.1, -0.05) is 12.5 Å². The van der Waals surface area contributed by atoms with E-state index >= 15 is 0 Å². The van der Waals surface area contributed by atoms with E-state index in [4.69, 9.17) is 0 Å². The van der Waals surface area contributed by atoms with E-state index in [0.717, 1.165) is 50.6 Å². The minimum Gasteiger partial charge on any atom is -0.481 e. The number of likely N-dealkylation sites (tertiary alicyclic amines) is 1. The van der Waals surface area contributed by atoms with Crippen molar-refractivity contribution in [2.75, 3.05) is 13.1 Å². The first-order valence-corrected chi connectivity index (χ1v) is 8.36. The van der Waals surface area contributed by atoms with Gasteiger partial charge in [-0.15, -0.1) is 0 Å². The summed E-state index contributed by atoms with van der Waals surface area (Å²) in [4.78, 5) is 14.2. The number of nitrogens with zero attached hydrogens (tertiary/aromatic N) is 1. The van der Waals surface area contributed by atoms with E-state index < -0.39 is 11.4 Å². The van der Waals surface area contributed by atoms with Crippen LogP contribution < -0.4 is 0 Å². The van der Waals surface area contributed by atoms with Gasteiger partial charge in [0.1, 0.15) is 5.82 Å². The van der Waals surface area contributed by atoms with E-state index in [2.05, 4.69) is 4.90 Å². The molecule has 3 atom stereocenters. The van der Waals surface area contributed by atoms with Crippen molar-refractivity contribution in [2.45, 2.75) is 44.6 Å². The number of fused-ring (bicyclic) bond motifs is 2. The van der Waals surface area contributed by atoms with Crippen LogP contribution in [0.4, 0.5) is 4.39 Å². The zero-order chi connectivity index (χ0) is 15.3. The standard InChI is InChI=1S/C18H22FNO2/c19-14-7-6-12-3-1-5-16(15(12)9-14)20-10-13-4-2-8-18(13,11-20)17(21)22/h6-7,9,13,16H,1-5,8,10-11H2,(H,21,22)/t13-,16?,18+/m0/s1. The number of benzene rings is 1. The monoisotopic (exact) mass is 303 g/mol. The predicted molar refractivity (Wildman–Crippen MR) is 81.1 cm³/mol. The van der Waals surface area contributed by atoms with Crippen LogP contribution in [0, 0.1) is 17.2 Å². The molecule has 3 nitrogen and oxygen atoms in total. The lowest BCUT2D eigenvalue weighted by molar-refractivity contribution is -0.149. The van der Waals surface area contributed by atoms with Crippen LogP contribution in [0.2, 0.25) is 0 Å². The van der Waals surface area contributed by atoms with Crippen molar-refractivity contribution in [1.29, 1.82) is 0 Å². The van der Waals surface area contributed by atoms with Crippen LogP contribution in [0.1, 0.15) is 49.3 Å². The summed E-state index contributed by atoms with van der Waals surface area (Å²) in [5.74, 6) is -0.547. The lowest BCUT2D eigenvalue weighted by atomic mass is 9.81. The van der Waals surface area contributed by atoms with Crippen molar-refractivity contribution in [3.05, 3.63) is 35.1 Å². The Morgan fingerprint density at radius 2 is 2.18 bits per heavy atom. The lowest BCUT2D eigenvalue weighted by Crippen LogP contribution is -2.37. The normalized spacial score (nSPS) is 34.4. The third-order valence-corrected chi connectivity index (χ3v) is 6.15. The largest absolute Gasteiger partial charge is 0.481 e. The van der Waals surface area contributed by atoms with Crippen LogP contribution in [0.3, 0.4) is 0 Å². The fourth-order valence-corrected chi connectivity index (χ4v) is 5.04. The second-order valence-electron chi connectivity index (χ2n) is 7.23. The number of halogens is 1. The maximum Gasteiger partial charge on any atom is 0.311 e. The highest BCUT2D eigenvalue weighted by atomic mass is 19.1. The average molecular weight is 303 g/mol. The highest BCUT2D eigenvalue weighted by Gasteiger charge is 2.55. The van der Waals surface area contributed by atoms with Crippen LogP contribution in [0.15, 0.2) is 18.2 Å². The molecule has 1 unspecified atom stereocenters. The number of carbonyl (C=O) groups is 1. The van der Waals surface area contributed by atoms with Gasteiger partial charge in [-0.05, 0) is 61.3 Å². The fourth-order valence-electron chi connectivity index (χ4n) is 5.04. The van der Waals surface area contributed by atoms with E-state index in [1.54, 1.807) is 12.1 Å². The molecule has 4 rings (SSSR count). The number of hydrogen-bond acceptors (Lipinski definition) is 2. The molecule has 0 amide bonds. The Bertz CT molecular complexity index is 617. The summed E-state index contributed by atoms with van der Waals surface area (Å²) in [6, 6.07) is 5.31. The molecule has 1 aromatic carbocycles. The molecule has 1 heterocycles. The first kappa shape index (κ1) is 14.2. The highest BCUT2D eigenvalue weighted by Crippen LogP contribution is 2.51. The van der Waals surface area contributed by atoms with E-state index in [1.165, 1.54) is 5.56 Å². The molecule has 4 heteroatoms. The molecule has 3 aliphatic rings. The molecule has 2 aliphatic carbocycles. The molecule has 22 heavy (non-hydrogen) atoms. The Labute approximate surface area is 130 Å². The van der Waals surface area contributed by atoms with Crippen molar-refractivity contribution >= 4 is 5.97 Å². The molecule has 1 saturated carbocycles. The number of hydrogen-bond donors (Lipinski definition) is 1. The summed E-state index contributed by atoms with van der Waals surface area (Å²) in [5.41, 5.74) is 1.77. The topological polar surface area (TPSA) is 40.5 Å². The summed E-state index contributed by atoms with van der Waals surface area (Å²) in [7, 11) is 0. The molecule has 0 radical (unpaired) electrons. The number of carboxylic acids is 1. The third-order valence-electron chi connectivity index (χ3n) is 6.15. The molecule has 0 spiro atoms. The molecule has 0 bridgehead atoms. The van der Waals surface area contributed by atoms with Gasteiger partial charge in [0, 0.05) is 19.1 Å². The van der Waals surface area contributed by atoms with Crippen molar-refractivity contribution in [3.8, 4) is 0 Å². The Balaban J connectivity index is 1.65. The van der Waals surface area contributed by atoms with Gasteiger partial charge < -0.3 is 5.11 Å². The summed E-state index contributed by atoms with van der Waals surface area (Å²) in [5, 5.41) is 9.74. The average Bonchev–Trinajstić information content (AvgIpc) is 3.04. The molecule has 1 saturated heterocycles. The van der Waals surface area contributed by atoms with E-state index in [1.807, 2.05) is 6.07 Å². The van der Waals surface area contributed by atoms with Crippen molar-refractivity contribution in [1.82, 2.24) is 4.90 Å². The van der Waals surface area contributed by atoms with Crippen LogP contribution >= 0.6 is 0 Å². The predicted octanol–water partition coefficient (Wildman–Crippen LogP) is 3.39. The van der Waals surface area contributed by atoms with Crippen molar-refractivity contribution in [2.24, 2.45) is 11.3 Å². The van der Waals surface area contributed by atoms with E-state index in [-0.39, 0.29) is 17.8 Å². The van der Waals surface area contributed by atoms with Crippen molar-refractivity contribution < 1.29 is 14.3 Å². The Hall–Kier alpha value is -1.42. The quantitative estimate of drug-likeness (QED) is 0.910. The lowest BCUT2D eigenvalue weighted by Gasteiger charge is -2.34. The van der Waals surface area contributed by atoms with Crippen molar-refractivity contribution in [3.63, 3.8) is 0 Å². The zero-order valence-electron chi connectivity index (χ0n) is 12.7. The van der Waals surface area contributed by atoms with Crippen LogP contribution in [-0.2, 0) is 11.2 Å². The van der Waals surface area contributed by atoms with Gasteiger partial charge in [0.25, 0.3) is 0 Å². The summed E-state index contributed by atoms with van der Waals surface area (Å²) < 4.78 is 13.7. The SMILES string of the molecule is O=C(O)[C@@]12CCC[C@H]1CN(C1CCCc3ccc(F)cc31)C2. The first-order chi connectivity index (χ1) is 10.6. The summed E-state index contributed by atoms with van der Waals surface area (Å²) in [6.45, 7) is 1.49. The summed E-state index contributed by atoms with van der Waals surface area (Å²) in [6.07, 6.45) is 5.97. The summed E-state index contributed by atoms with van der Waals surface area (Å²) >= 11 is 0. The second kappa shape index (κ2) is 5.05. The van der Waals surface area contributed by atoms with Gasteiger partial charge in [-0.25, -0.2) is 4.39 Å². The van der Waals surface area contributed by atoms with E-state index in [9.17, 15) is 14.3 Å². The molecule has 0 aromatic heterocycles. The fraction of sp³-hybridized carbons (Fsp3) is 0.611. The minimum absolute atomic E-state index is 0.182. The van der Waals surface area contributed by atoms with Gasteiger partial charge in [-0.2, -0.15) is 0 Å². The maximum atomic E-state index is 13.7. The number of carboxylic acid groups (broad SMARTS) is 1. The Kier molecular flexibility index (Phi) is 3.26. The number of rotatable bonds is 2. The third kappa shape index (κ3) is 2.00. The molecule has 2 fully saturated rings. The van der Waals surface area contributed by atoms with Crippen LogP contribution in [-0.4, -0.2) is 29.1 Å².